The summed E-state index contributed by atoms with van der Waals surface area (Å²) in [5.74, 6) is 0.0257. The Labute approximate surface area is 192 Å². The van der Waals surface area contributed by atoms with Crippen molar-refractivity contribution >= 4 is 17.7 Å². The van der Waals surface area contributed by atoms with E-state index in [1.54, 1.807) is 42.5 Å². The third kappa shape index (κ3) is 3.78. The molecule has 1 atom stereocenters. The molecule has 0 fully saturated rings. The molecule has 0 saturated carbocycles. The molecule has 0 bridgehead atoms. The Morgan fingerprint density at radius 3 is 2.45 bits per heavy atom. The first-order valence-corrected chi connectivity index (χ1v) is 11.0. The minimum absolute atomic E-state index is 0.117. The molecule has 2 aliphatic rings. The van der Waals surface area contributed by atoms with E-state index in [9.17, 15) is 14.4 Å². The molecule has 2 heterocycles. The molecule has 33 heavy (non-hydrogen) atoms. The fourth-order valence-corrected chi connectivity index (χ4v) is 4.65. The summed E-state index contributed by atoms with van der Waals surface area (Å²) in [6.45, 7) is 4.70. The molecule has 0 aliphatic carbocycles. The third-order valence-electron chi connectivity index (χ3n) is 6.19. The molecule has 3 aromatic rings. The van der Waals surface area contributed by atoms with E-state index < -0.39 is 0 Å². The fraction of sp³-hybridized carbons (Fsp3) is 0.222. The van der Waals surface area contributed by atoms with Gasteiger partial charge in [0, 0.05) is 17.5 Å². The van der Waals surface area contributed by atoms with Crippen LogP contribution in [0.4, 0.5) is 0 Å². The van der Waals surface area contributed by atoms with Gasteiger partial charge in [-0.1, -0.05) is 42.0 Å². The predicted octanol–water partition coefficient (Wildman–Crippen LogP) is 4.35. The fourth-order valence-electron chi connectivity index (χ4n) is 4.65. The van der Waals surface area contributed by atoms with E-state index in [0.717, 1.165) is 28.0 Å². The Bertz CT molecular complexity index is 1260. The van der Waals surface area contributed by atoms with Crippen molar-refractivity contribution in [3.05, 3.63) is 99.6 Å². The molecule has 2 aliphatic heterocycles. The molecule has 6 heteroatoms. The number of nitrogens with one attached hydrogen (secondary N) is 1. The van der Waals surface area contributed by atoms with Crippen molar-refractivity contribution in [2.24, 2.45) is 0 Å². The first kappa shape index (κ1) is 20.9. The minimum atomic E-state index is -0.310. The van der Waals surface area contributed by atoms with Gasteiger partial charge in [-0.05, 0) is 49.2 Å². The summed E-state index contributed by atoms with van der Waals surface area (Å²) in [4.78, 5) is 39.7. The van der Waals surface area contributed by atoms with E-state index in [1.165, 1.54) is 4.90 Å². The topological polar surface area (TPSA) is 75.7 Å². The summed E-state index contributed by atoms with van der Waals surface area (Å²) in [5.41, 5.74) is 5.22. The van der Waals surface area contributed by atoms with Crippen molar-refractivity contribution in [3.63, 3.8) is 0 Å². The second-order valence-electron chi connectivity index (χ2n) is 8.61. The first-order chi connectivity index (χ1) is 15.9. The lowest BCUT2D eigenvalue weighted by atomic mass is 9.95. The Morgan fingerprint density at radius 1 is 1.00 bits per heavy atom. The van der Waals surface area contributed by atoms with Crippen LogP contribution < -0.4 is 10.1 Å². The van der Waals surface area contributed by atoms with Crippen LogP contribution in [0.5, 0.6) is 5.75 Å². The first-order valence-electron chi connectivity index (χ1n) is 11.0. The highest BCUT2D eigenvalue weighted by atomic mass is 16.5. The average molecular weight is 440 g/mol. The number of imide groups is 1. The Kier molecular flexibility index (Phi) is 5.21. The second-order valence-corrected chi connectivity index (χ2v) is 8.61. The van der Waals surface area contributed by atoms with Gasteiger partial charge >= 0.3 is 0 Å². The normalized spacial score (nSPS) is 16.8. The Balaban J connectivity index is 1.34. The number of aryl methyl sites for hydroxylation is 2. The second kappa shape index (κ2) is 8.20. The molecule has 0 spiro atoms. The van der Waals surface area contributed by atoms with Gasteiger partial charge in [0.25, 0.3) is 17.7 Å². The molecule has 0 aromatic heterocycles. The lowest BCUT2D eigenvalue weighted by Crippen LogP contribution is -2.32. The molecule has 166 valence electrons. The van der Waals surface area contributed by atoms with Crippen molar-refractivity contribution in [2.75, 3.05) is 6.61 Å². The standard InChI is InChI=1S/C27H24N2O4/c1-16-12-17(2)24-22(13-16)23(10-11-33-24)28-25(30)19-7-5-6-18(14-19)15-29-26(31)20-8-3-4-9-21(20)27(29)32/h3-9,12-14,23H,10-11,15H2,1-2H3,(H,28,30). The van der Waals surface area contributed by atoms with Gasteiger partial charge in [0.05, 0.1) is 30.3 Å². The number of fused-ring (bicyclic) bond motifs is 2. The molecular weight excluding hydrogens is 416 g/mol. The van der Waals surface area contributed by atoms with Crippen molar-refractivity contribution in [3.8, 4) is 5.75 Å². The number of benzene rings is 3. The number of amides is 3. The summed E-state index contributed by atoms with van der Waals surface area (Å²) in [5, 5.41) is 3.13. The highest BCUT2D eigenvalue weighted by Gasteiger charge is 2.35. The van der Waals surface area contributed by atoms with Crippen LogP contribution in [0.3, 0.4) is 0 Å². The van der Waals surface area contributed by atoms with E-state index in [0.29, 0.717) is 29.7 Å². The van der Waals surface area contributed by atoms with Crippen LogP contribution in [0.25, 0.3) is 0 Å². The van der Waals surface area contributed by atoms with Gasteiger partial charge in [-0.2, -0.15) is 0 Å². The molecule has 0 saturated heterocycles. The maximum Gasteiger partial charge on any atom is 0.261 e. The number of ether oxygens (including phenoxy) is 1. The van der Waals surface area contributed by atoms with E-state index in [4.69, 9.17) is 4.74 Å². The quantitative estimate of drug-likeness (QED) is 0.612. The zero-order valence-corrected chi connectivity index (χ0v) is 18.6. The van der Waals surface area contributed by atoms with Gasteiger partial charge < -0.3 is 10.1 Å². The highest BCUT2D eigenvalue weighted by Crippen LogP contribution is 2.36. The van der Waals surface area contributed by atoms with Crippen LogP contribution in [0.2, 0.25) is 0 Å². The van der Waals surface area contributed by atoms with Gasteiger partial charge in [-0.3, -0.25) is 19.3 Å². The molecule has 3 amide bonds. The van der Waals surface area contributed by atoms with E-state index in [1.807, 2.05) is 19.9 Å². The predicted molar refractivity (Wildman–Crippen MR) is 123 cm³/mol. The van der Waals surface area contributed by atoms with Gasteiger partial charge in [0.15, 0.2) is 0 Å². The maximum absolute atomic E-state index is 13.1. The number of nitrogens with zero attached hydrogens (tertiary/aromatic N) is 1. The summed E-state index contributed by atoms with van der Waals surface area (Å²) >= 11 is 0. The smallest absolute Gasteiger partial charge is 0.261 e. The van der Waals surface area contributed by atoms with E-state index >= 15 is 0 Å². The number of carbonyl (C=O) groups excluding carboxylic acids is 3. The van der Waals surface area contributed by atoms with Crippen molar-refractivity contribution in [1.82, 2.24) is 10.2 Å². The number of rotatable bonds is 4. The molecule has 1 unspecified atom stereocenters. The lowest BCUT2D eigenvalue weighted by molar-refractivity contribution is 0.0642. The van der Waals surface area contributed by atoms with Crippen LogP contribution in [-0.2, 0) is 6.54 Å². The van der Waals surface area contributed by atoms with Crippen molar-refractivity contribution < 1.29 is 19.1 Å². The van der Waals surface area contributed by atoms with Gasteiger partial charge in [0.2, 0.25) is 0 Å². The Morgan fingerprint density at radius 2 is 1.73 bits per heavy atom. The Hall–Kier alpha value is -3.93. The monoisotopic (exact) mass is 440 g/mol. The zero-order valence-electron chi connectivity index (χ0n) is 18.6. The zero-order chi connectivity index (χ0) is 23.1. The van der Waals surface area contributed by atoms with Crippen LogP contribution in [0.15, 0.2) is 60.7 Å². The van der Waals surface area contributed by atoms with Gasteiger partial charge in [0.1, 0.15) is 5.75 Å². The summed E-state index contributed by atoms with van der Waals surface area (Å²) in [6, 6.07) is 17.9. The summed E-state index contributed by atoms with van der Waals surface area (Å²) in [7, 11) is 0. The van der Waals surface area contributed by atoms with E-state index in [-0.39, 0.29) is 30.3 Å². The minimum Gasteiger partial charge on any atom is -0.493 e. The number of carbonyl (C=O) groups is 3. The van der Waals surface area contributed by atoms with E-state index in [2.05, 4.69) is 17.4 Å². The third-order valence-corrected chi connectivity index (χ3v) is 6.19. The summed E-state index contributed by atoms with van der Waals surface area (Å²) in [6.07, 6.45) is 0.691. The van der Waals surface area contributed by atoms with Crippen LogP contribution in [-0.4, -0.2) is 29.2 Å². The molecule has 1 N–H and O–H groups in total. The van der Waals surface area contributed by atoms with Crippen LogP contribution in [0, 0.1) is 13.8 Å². The van der Waals surface area contributed by atoms with Gasteiger partial charge in [-0.15, -0.1) is 0 Å². The molecule has 5 rings (SSSR count). The van der Waals surface area contributed by atoms with Crippen molar-refractivity contribution in [2.45, 2.75) is 32.9 Å². The molecule has 0 radical (unpaired) electrons. The number of hydrogen-bond acceptors (Lipinski definition) is 4. The molecular formula is C27H24N2O4. The van der Waals surface area contributed by atoms with Crippen LogP contribution in [0.1, 0.15) is 65.8 Å². The van der Waals surface area contributed by atoms with Gasteiger partial charge in [-0.25, -0.2) is 0 Å². The lowest BCUT2D eigenvalue weighted by Gasteiger charge is -2.28. The average Bonchev–Trinajstić information content (AvgIpc) is 3.05. The molecule has 3 aromatic carbocycles. The highest BCUT2D eigenvalue weighted by molar-refractivity contribution is 6.21. The summed E-state index contributed by atoms with van der Waals surface area (Å²) < 4.78 is 5.85. The largest absolute Gasteiger partial charge is 0.493 e. The van der Waals surface area contributed by atoms with Crippen LogP contribution >= 0.6 is 0 Å². The van der Waals surface area contributed by atoms with Crippen molar-refractivity contribution in [1.29, 1.82) is 0 Å². The SMILES string of the molecule is Cc1cc(C)c2c(c1)C(NC(=O)c1cccc(CN3C(=O)c4ccccc4C3=O)c1)CCO2. The molecule has 6 nitrogen and oxygen atoms in total. The maximum atomic E-state index is 13.1. The number of hydrogen-bond donors (Lipinski definition) is 1.